The van der Waals surface area contributed by atoms with Gasteiger partial charge in [0.1, 0.15) is 5.75 Å². The van der Waals surface area contributed by atoms with E-state index in [9.17, 15) is 13.2 Å². The van der Waals surface area contributed by atoms with Crippen molar-refractivity contribution >= 4 is 42.6 Å². The first-order valence-corrected chi connectivity index (χ1v) is 10.9. The lowest BCUT2D eigenvalue weighted by Crippen LogP contribution is -2.41. The molecule has 1 heterocycles. The summed E-state index contributed by atoms with van der Waals surface area (Å²) in [6, 6.07) is 5.77. The van der Waals surface area contributed by atoms with Crippen molar-refractivity contribution in [1.82, 2.24) is 9.71 Å². The highest BCUT2D eigenvalue weighted by Crippen LogP contribution is 2.27. The average Bonchev–Trinajstić information content (AvgIpc) is 2.89. The smallest absolute Gasteiger partial charge is 0.242 e. The Kier molecular flexibility index (Phi) is 5.41. The molecule has 2 aromatic rings. The monoisotopic (exact) mass is 381 g/mol. The molecule has 3 rings (SSSR count). The van der Waals surface area contributed by atoms with Crippen LogP contribution in [0.2, 0.25) is 0 Å². The zero-order chi connectivity index (χ0) is 18.0. The van der Waals surface area contributed by atoms with Crippen molar-refractivity contribution in [3.63, 3.8) is 0 Å². The first-order chi connectivity index (χ1) is 11.8. The van der Waals surface area contributed by atoms with Crippen LogP contribution in [-0.2, 0) is 14.8 Å². The van der Waals surface area contributed by atoms with Crippen LogP contribution in [-0.4, -0.2) is 31.1 Å². The number of aromatic nitrogens is 1. The second-order valence-corrected chi connectivity index (χ2v) is 9.66. The normalized spacial score (nSPS) is 21.4. The highest BCUT2D eigenvalue weighted by Gasteiger charge is 2.25. The molecule has 1 aromatic carbocycles. The van der Waals surface area contributed by atoms with Crippen molar-refractivity contribution in [2.24, 2.45) is 5.92 Å². The molecule has 0 radical (unpaired) electrons. The quantitative estimate of drug-likeness (QED) is 0.833. The van der Waals surface area contributed by atoms with Gasteiger partial charge in [-0.3, -0.25) is 4.79 Å². The summed E-state index contributed by atoms with van der Waals surface area (Å²) in [6.07, 6.45) is 3.70. The van der Waals surface area contributed by atoms with Gasteiger partial charge in [0.15, 0.2) is 5.13 Å². The van der Waals surface area contributed by atoms with Gasteiger partial charge in [-0.1, -0.05) is 24.3 Å². The maximum atomic E-state index is 12.2. The molecule has 1 aliphatic carbocycles. The number of thiazole rings is 1. The molecule has 1 saturated carbocycles. The molecule has 0 saturated heterocycles. The van der Waals surface area contributed by atoms with Crippen LogP contribution < -0.4 is 10.0 Å². The summed E-state index contributed by atoms with van der Waals surface area (Å²) >= 11 is 1.34. The Morgan fingerprint density at radius 2 is 2.00 bits per heavy atom. The highest BCUT2D eigenvalue weighted by atomic mass is 32.2. The lowest BCUT2D eigenvalue weighted by molar-refractivity contribution is -0.113. The number of fused-ring (bicyclic) bond motifs is 1. The number of aryl methyl sites for hydroxylation is 1. The fourth-order valence-electron chi connectivity index (χ4n) is 3.09. The number of hydrogen-bond acceptors (Lipinski definition) is 5. The molecule has 0 unspecified atom stereocenters. The zero-order valence-electron chi connectivity index (χ0n) is 14.4. The van der Waals surface area contributed by atoms with Crippen LogP contribution in [0.5, 0.6) is 0 Å². The van der Waals surface area contributed by atoms with Gasteiger partial charge in [0.05, 0.1) is 10.2 Å². The van der Waals surface area contributed by atoms with Gasteiger partial charge in [0.2, 0.25) is 15.9 Å². The van der Waals surface area contributed by atoms with E-state index in [0.717, 1.165) is 41.5 Å². The number of hydrogen-bond donors (Lipinski definition) is 2. The second kappa shape index (κ2) is 7.39. The van der Waals surface area contributed by atoms with Gasteiger partial charge < -0.3 is 5.32 Å². The molecule has 6 nitrogen and oxygen atoms in total. The van der Waals surface area contributed by atoms with Crippen LogP contribution in [0.3, 0.4) is 0 Å². The van der Waals surface area contributed by atoms with E-state index < -0.39 is 21.7 Å². The lowest BCUT2D eigenvalue weighted by atomic mass is 9.88. The number of nitrogens with one attached hydrogen (secondary N) is 2. The molecule has 1 fully saturated rings. The third kappa shape index (κ3) is 4.99. The number of nitrogens with zero attached hydrogens (tertiary/aromatic N) is 1. The first kappa shape index (κ1) is 18.3. The molecule has 1 aliphatic rings. The maximum Gasteiger partial charge on any atom is 0.242 e. The van der Waals surface area contributed by atoms with Crippen LogP contribution in [0.15, 0.2) is 18.2 Å². The molecule has 1 amide bonds. The van der Waals surface area contributed by atoms with Crippen molar-refractivity contribution in [3.05, 3.63) is 23.8 Å². The van der Waals surface area contributed by atoms with Gasteiger partial charge in [-0.25, -0.2) is 18.1 Å². The minimum Gasteiger partial charge on any atom is -0.301 e. The van der Waals surface area contributed by atoms with E-state index in [0.29, 0.717) is 11.0 Å². The number of benzene rings is 1. The fourth-order valence-corrected chi connectivity index (χ4v) is 5.31. The molecular formula is C17H23N3O3S2. The number of rotatable bonds is 5. The number of anilines is 1. The van der Waals surface area contributed by atoms with Crippen LogP contribution in [0.4, 0.5) is 5.13 Å². The van der Waals surface area contributed by atoms with E-state index in [-0.39, 0.29) is 6.04 Å². The lowest BCUT2D eigenvalue weighted by Gasteiger charge is -2.26. The predicted octanol–water partition coefficient (Wildman–Crippen LogP) is 3.04. The predicted molar refractivity (Wildman–Crippen MR) is 101 cm³/mol. The van der Waals surface area contributed by atoms with Crippen molar-refractivity contribution in [3.8, 4) is 0 Å². The number of sulfonamides is 1. The Bertz CT molecular complexity index is 868. The van der Waals surface area contributed by atoms with Gasteiger partial charge in [0, 0.05) is 6.04 Å². The summed E-state index contributed by atoms with van der Waals surface area (Å²) < 4.78 is 28.0. The zero-order valence-corrected chi connectivity index (χ0v) is 16.0. The molecule has 0 aliphatic heterocycles. The SMILES string of the molecule is Cc1ccc2nc(NC(=O)CS(=O)(=O)NC3CCC(C)CC3)sc2c1. The van der Waals surface area contributed by atoms with Gasteiger partial charge >= 0.3 is 0 Å². The van der Waals surface area contributed by atoms with E-state index in [4.69, 9.17) is 0 Å². The molecule has 1 aromatic heterocycles. The molecule has 0 atom stereocenters. The first-order valence-electron chi connectivity index (χ1n) is 8.48. The van der Waals surface area contributed by atoms with Crippen LogP contribution in [0.1, 0.15) is 38.2 Å². The van der Waals surface area contributed by atoms with Crippen LogP contribution >= 0.6 is 11.3 Å². The average molecular weight is 382 g/mol. The van der Waals surface area contributed by atoms with E-state index in [2.05, 4.69) is 21.9 Å². The van der Waals surface area contributed by atoms with Crippen LogP contribution in [0, 0.1) is 12.8 Å². The topological polar surface area (TPSA) is 88.2 Å². The standard InChI is InChI=1S/C17H23N3O3S2/c1-11-3-6-13(7-4-11)20-25(22,23)10-16(21)19-17-18-14-8-5-12(2)9-15(14)24-17/h5,8-9,11,13,20H,3-4,6-7,10H2,1-2H3,(H,18,19,21). The second-order valence-electron chi connectivity index (χ2n) is 6.87. The Morgan fingerprint density at radius 1 is 1.28 bits per heavy atom. The summed E-state index contributed by atoms with van der Waals surface area (Å²) in [5.41, 5.74) is 1.91. The molecule has 0 spiro atoms. The minimum atomic E-state index is -3.64. The molecule has 2 N–H and O–H groups in total. The van der Waals surface area contributed by atoms with Crippen molar-refractivity contribution in [2.45, 2.75) is 45.6 Å². The maximum absolute atomic E-state index is 12.2. The Balaban J connectivity index is 1.58. The summed E-state index contributed by atoms with van der Waals surface area (Å²) in [5, 5.41) is 3.02. The van der Waals surface area contributed by atoms with Crippen molar-refractivity contribution in [1.29, 1.82) is 0 Å². The molecule has 25 heavy (non-hydrogen) atoms. The Hall–Kier alpha value is -1.51. The molecule has 0 bridgehead atoms. The van der Waals surface area contributed by atoms with E-state index in [1.165, 1.54) is 11.3 Å². The fraction of sp³-hybridized carbons (Fsp3) is 0.529. The third-order valence-corrected chi connectivity index (χ3v) is 6.74. The van der Waals surface area contributed by atoms with Crippen LogP contribution in [0.25, 0.3) is 10.2 Å². The van der Waals surface area contributed by atoms with Gasteiger partial charge in [-0.2, -0.15) is 0 Å². The highest BCUT2D eigenvalue weighted by molar-refractivity contribution is 7.90. The Labute approximate surface area is 152 Å². The largest absolute Gasteiger partial charge is 0.301 e. The van der Waals surface area contributed by atoms with Gasteiger partial charge in [-0.15, -0.1) is 0 Å². The van der Waals surface area contributed by atoms with Crippen molar-refractivity contribution < 1.29 is 13.2 Å². The van der Waals surface area contributed by atoms with E-state index >= 15 is 0 Å². The summed E-state index contributed by atoms with van der Waals surface area (Å²) in [7, 11) is -3.64. The number of amides is 1. The summed E-state index contributed by atoms with van der Waals surface area (Å²) in [4.78, 5) is 16.4. The Morgan fingerprint density at radius 3 is 2.72 bits per heavy atom. The summed E-state index contributed by atoms with van der Waals surface area (Å²) in [6.45, 7) is 4.17. The third-order valence-electron chi connectivity index (χ3n) is 4.47. The molecule has 8 heteroatoms. The molecular weight excluding hydrogens is 358 g/mol. The van der Waals surface area contributed by atoms with Gasteiger partial charge in [0.25, 0.3) is 0 Å². The van der Waals surface area contributed by atoms with Crippen molar-refractivity contribution in [2.75, 3.05) is 11.1 Å². The van der Waals surface area contributed by atoms with E-state index in [1.54, 1.807) is 0 Å². The summed E-state index contributed by atoms with van der Waals surface area (Å²) in [5.74, 6) is -0.493. The number of carbonyl (C=O) groups excluding carboxylic acids is 1. The molecule has 136 valence electrons. The van der Waals surface area contributed by atoms with Gasteiger partial charge in [-0.05, 0) is 56.2 Å². The number of carbonyl (C=O) groups is 1. The minimum absolute atomic E-state index is 0.0561. The van der Waals surface area contributed by atoms with E-state index in [1.807, 2.05) is 25.1 Å².